The van der Waals surface area contributed by atoms with Crippen LogP contribution in [0.4, 0.5) is 8.78 Å². The smallest absolute Gasteiger partial charge is 0.263 e. The number of hydrogen-bond acceptors (Lipinski definition) is 3. The predicted molar refractivity (Wildman–Crippen MR) is 72.4 cm³/mol. The zero-order valence-corrected chi connectivity index (χ0v) is 11.0. The number of hydrogen-bond donors (Lipinski definition) is 2. The van der Waals surface area contributed by atoms with Crippen LogP contribution >= 0.6 is 11.3 Å². The summed E-state index contributed by atoms with van der Waals surface area (Å²) in [5.41, 5.74) is 0.658. The van der Waals surface area contributed by atoms with Crippen molar-refractivity contribution in [3.63, 3.8) is 0 Å². The van der Waals surface area contributed by atoms with Crippen LogP contribution in [0.15, 0.2) is 41.8 Å². The molecule has 1 atom stereocenters. The van der Waals surface area contributed by atoms with Gasteiger partial charge in [-0.15, -0.1) is 11.3 Å². The molecule has 0 bridgehead atoms. The molecule has 1 aromatic heterocycles. The van der Waals surface area contributed by atoms with E-state index in [0.29, 0.717) is 12.1 Å². The van der Waals surface area contributed by atoms with Crippen molar-refractivity contribution < 1.29 is 13.9 Å². The Morgan fingerprint density at radius 1 is 1.16 bits per heavy atom. The molecule has 2 N–H and O–H groups in total. The fourth-order valence-electron chi connectivity index (χ4n) is 1.84. The number of thiophene rings is 1. The van der Waals surface area contributed by atoms with Gasteiger partial charge < -0.3 is 10.4 Å². The fraction of sp³-hybridized carbons (Fsp3) is 0.286. The standard InChI is InChI=1S/C14H15F2NOS/c15-14(16)11-4-1-3-10(7-11)13(9-18)17-8-12-5-2-6-19-12/h1-7,13-14,17-18H,8-9H2. The second kappa shape index (κ2) is 6.75. The van der Waals surface area contributed by atoms with Crippen LogP contribution in [0.3, 0.4) is 0 Å². The Morgan fingerprint density at radius 2 is 1.95 bits per heavy atom. The van der Waals surface area contributed by atoms with Crippen LogP contribution in [0.25, 0.3) is 0 Å². The van der Waals surface area contributed by atoms with Gasteiger partial charge in [0.2, 0.25) is 0 Å². The van der Waals surface area contributed by atoms with Crippen LogP contribution in [0, 0.1) is 0 Å². The van der Waals surface area contributed by atoms with Crippen molar-refractivity contribution in [1.29, 1.82) is 0 Å². The summed E-state index contributed by atoms with van der Waals surface area (Å²) in [4.78, 5) is 1.14. The molecule has 2 rings (SSSR count). The number of aliphatic hydroxyl groups is 1. The topological polar surface area (TPSA) is 32.3 Å². The lowest BCUT2D eigenvalue weighted by molar-refractivity contribution is 0.151. The number of halogens is 2. The van der Waals surface area contributed by atoms with Crippen molar-refractivity contribution in [3.05, 3.63) is 57.8 Å². The summed E-state index contributed by atoms with van der Waals surface area (Å²) >= 11 is 1.61. The van der Waals surface area contributed by atoms with E-state index >= 15 is 0 Å². The van der Waals surface area contributed by atoms with E-state index in [1.54, 1.807) is 23.5 Å². The van der Waals surface area contributed by atoms with Gasteiger partial charge >= 0.3 is 0 Å². The molecule has 0 aliphatic heterocycles. The maximum atomic E-state index is 12.6. The van der Waals surface area contributed by atoms with Crippen LogP contribution in [0.1, 0.15) is 28.5 Å². The van der Waals surface area contributed by atoms with Gasteiger partial charge in [-0.3, -0.25) is 0 Å². The van der Waals surface area contributed by atoms with E-state index in [2.05, 4.69) is 5.32 Å². The van der Waals surface area contributed by atoms with E-state index in [9.17, 15) is 13.9 Å². The highest BCUT2D eigenvalue weighted by atomic mass is 32.1. The van der Waals surface area contributed by atoms with E-state index in [0.717, 1.165) is 4.88 Å². The Kier molecular flexibility index (Phi) is 5.01. The first-order chi connectivity index (χ1) is 9.20. The van der Waals surface area contributed by atoms with E-state index in [1.165, 1.54) is 12.1 Å². The number of alkyl halides is 2. The lowest BCUT2D eigenvalue weighted by atomic mass is 10.0. The molecule has 0 aliphatic rings. The molecule has 0 saturated carbocycles. The van der Waals surface area contributed by atoms with Crippen LogP contribution in [0.5, 0.6) is 0 Å². The Labute approximate surface area is 114 Å². The third-order valence-corrected chi connectivity index (χ3v) is 3.73. The van der Waals surface area contributed by atoms with Crippen LogP contribution < -0.4 is 5.32 Å². The van der Waals surface area contributed by atoms with Crippen LogP contribution in [-0.4, -0.2) is 11.7 Å². The second-order valence-electron chi connectivity index (χ2n) is 4.17. The zero-order valence-electron chi connectivity index (χ0n) is 10.2. The van der Waals surface area contributed by atoms with Crippen molar-refractivity contribution in [1.82, 2.24) is 5.32 Å². The van der Waals surface area contributed by atoms with Gasteiger partial charge in [-0.05, 0) is 23.1 Å². The van der Waals surface area contributed by atoms with Crippen LogP contribution in [0.2, 0.25) is 0 Å². The monoisotopic (exact) mass is 283 g/mol. The van der Waals surface area contributed by atoms with Gasteiger partial charge in [-0.1, -0.05) is 24.3 Å². The fourth-order valence-corrected chi connectivity index (χ4v) is 2.49. The van der Waals surface area contributed by atoms with Gasteiger partial charge in [-0.25, -0.2) is 8.78 Å². The first kappa shape index (κ1) is 14.1. The first-order valence-electron chi connectivity index (χ1n) is 5.95. The molecule has 1 unspecified atom stereocenters. The molecule has 2 aromatic rings. The van der Waals surface area contributed by atoms with Crippen molar-refractivity contribution in [3.8, 4) is 0 Å². The lowest BCUT2D eigenvalue weighted by Gasteiger charge is -2.17. The Morgan fingerprint density at radius 3 is 2.58 bits per heavy atom. The Bertz CT molecular complexity index is 502. The maximum absolute atomic E-state index is 12.6. The molecular weight excluding hydrogens is 268 g/mol. The second-order valence-corrected chi connectivity index (χ2v) is 5.20. The predicted octanol–water partition coefficient (Wildman–Crippen LogP) is 3.51. The SMILES string of the molecule is OCC(NCc1cccs1)c1cccc(C(F)F)c1. The van der Waals surface area contributed by atoms with Gasteiger partial charge in [0.05, 0.1) is 12.6 Å². The van der Waals surface area contributed by atoms with E-state index in [1.807, 2.05) is 17.5 Å². The molecule has 19 heavy (non-hydrogen) atoms. The van der Waals surface area contributed by atoms with E-state index < -0.39 is 6.43 Å². The van der Waals surface area contributed by atoms with Crippen LogP contribution in [-0.2, 0) is 6.54 Å². The molecule has 0 saturated heterocycles. The molecule has 1 heterocycles. The third-order valence-electron chi connectivity index (χ3n) is 2.85. The highest BCUT2D eigenvalue weighted by Crippen LogP contribution is 2.23. The molecule has 0 spiro atoms. The van der Waals surface area contributed by atoms with Crippen molar-refractivity contribution in [2.24, 2.45) is 0 Å². The largest absolute Gasteiger partial charge is 0.394 e. The molecule has 2 nitrogen and oxygen atoms in total. The summed E-state index contributed by atoms with van der Waals surface area (Å²) in [5, 5.41) is 14.5. The lowest BCUT2D eigenvalue weighted by Crippen LogP contribution is -2.23. The summed E-state index contributed by atoms with van der Waals surface area (Å²) in [6, 6.07) is 9.77. The van der Waals surface area contributed by atoms with Gasteiger partial charge in [0.15, 0.2) is 0 Å². The van der Waals surface area contributed by atoms with Crippen molar-refractivity contribution in [2.75, 3.05) is 6.61 Å². The average molecular weight is 283 g/mol. The molecule has 0 fully saturated rings. The van der Waals surface area contributed by atoms with Gasteiger partial charge in [0.1, 0.15) is 0 Å². The quantitative estimate of drug-likeness (QED) is 0.850. The normalized spacial score (nSPS) is 12.8. The molecule has 5 heteroatoms. The highest BCUT2D eigenvalue weighted by Gasteiger charge is 2.13. The zero-order chi connectivity index (χ0) is 13.7. The Balaban J connectivity index is 2.06. The van der Waals surface area contributed by atoms with Crippen molar-refractivity contribution in [2.45, 2.75) is 19.0 Å². The average Bonchev–Trinajstić information content (AvgIpc) is 2.93. The minimum Gasteiger partial charge on any atom is -0.394 e. The number of rotatable bonds is 6. The van der Waals surface area contributed by atoms with Gasteiger partial charge in [0.25, 0.3) is 6.43 Å². The van der Waals surface area contributed by atoms with E-state index in [-0.39, 0.29) is 18.2 Å². The number of nitrogens with one attached hydrogen (secondary N) is 1. The molecule has 0 amide bonds. The number of aliphatic hydroxyl groups excluding tert-OH is 1. The summed E-state index contributed by atoms with van der Waals surface area (Å²) < 4.78 is 25.3. The molecular formula is C14H15F2NOS. The van der Waals surface area contributed by atoms with Crippen molar-refractivity contribution >= 4 is 11.3 Å². The maximum Gasteiger partial charge on any atom is 0.263 e. The number of benzene rings is 1. The van der Waals surface area contributed by atoms with Gasteiger partial charge in [0, 0.05) is 17.0 Å². The molecule has 102 valence electrons. The summed E-state index contributed by atoms with van der Waals surface area (Å²) in [7, 11) is 0. The minimum absolute atomic E-state index is 0.0196. The molecule has 1 aromatic carbocycles. The molecule has 0 aliphatic carbocycles. The van der Waals surface area contributed by atoms with Gasteiger partial charge in [-0.2, -0.15) is 0 Å². The van der Waals surface area contributed by atoms with E-state index in [4.69, 9.17) is 0 Å². The summed E-state index contributed by atoms with van der Waals surface area (Å²) in [5.74, 6) is 0. The molecule has 0 radical (unpaired) electrons. The minimum atomic E-state index is -2.49. The third kappa shape index (κ3) is 3.83. The summed E-state index contributed by atoms with van der Waals surface area (Å²) in [6.45, 7) is 0.486. The summed E-state index contributed by atoms with van der Waals surface area (Å²) in [6.07, 6.45) is -2.49. The first-order valence-corrected chi connectivity index (χ1v) is 6.83. The Hall–Kier alpha value is -1.30. The highest BCUT2D eigenvalue weighted by molar-refractivity contribution is 7.09.